The highest BCUT2D eigenvalue weighted by Crippen LogP contribution is 2.34. The lowest BCUT2D eigenvalue weighted by molar-refractivity contribution is -0.183. The predicted molar refractivity (Wildman–Crippen MR) is 65.2 cm³/mol. The number of carboxylic acid groups (broad SMARTS) is 1. The number of halogens is 3. The molecule has 1 aliphatic heterocycles. The summed E-state index contributed by atoms with van der Waals surface area (Å²) in [6.45, 7) is 1.78. The van der Waals surface area contributed by atoms with Crippen molar-refractivity contribution in [2.75, 3.05) is 13.1 Å². The summed E-state index contributed by atoms with van der Waals surface area (Å²) in [6, 6.07) is -1.60. The lowest BCUT2D eigenvalue weighted by Gasteiger charge is -2.33. The highest BCUT2D eigenvalue weighted by molar-refractivity contribution is 5.82. The maximum Gasteiger partial charge on any atom is 0.391 e. The van der Waals surface area contributed by atoms with Crippen molar-refractivity contribution in [3.63, 3.8) is 0 Å². The number of nitrogens with zero attached hydrogens (tertiary/aromatic N) is 1. The molecular formula is C12H19F3N2O3. The van der Waals surface area contributed by atoms with Crippen molar-refractivity contribution in [2.24, 2.45) is 5.92 Å². The molecular weight excluding hydrogens is 277 g/mol. The van der Waals surface area contributed by atoms with Crippen LogP contribution in [0.2, 0.25) is 0 Å². The summed E-state index contributed by atoms with van der Waals surface area (Å²) in [5.41, 5.74) is 0. The lowest BCUT2D eigenvalue weighted by Crippen LogP contribution is -2.51. The van der Waals surface area contributed by atoms with E-state index in [4.69, 9.17) is 5.11 Å². The van der Waals surface area contributed by atoms with Crippen molar-refractivity contribution in [1.29, 1.82) is 0 Å². The van der Waals surface area contributed by atoms with Crippen molar-refractivity contribution >= 4 is 12.0 Å². The maximum atomic E-state index is 12.5. The number of hydrogen-bond donors (Lipinski definition) is 2. The molecule has 8 heteroatoms. The third kappa shape index (κ3) is 4.57. The van der Waals surface area contributed by atoms with Gasteiger partial charge in [0.15, 0.2) is 0 Å². The first-order valence-electron chi connectivity index (χ1n) is 6.60. The Morgan fingerprint density at radius 2 is 1.90 bits per heavy atom. The van der Waals surface area contributed by atoms with E-state index in [1.165, 1.54) is 4.90 Å². The summed E-state index contributed by atoms with van der Waals surface area (Å²) in [7, 11) is 0. The van der Waals surface area contributed by atoms with E-state index in [9.17, 15) is 22.8 Å². The quantitative estimate of drug-likeness (QED) is 0.835. The Bertz CT molecular complexity index is 352. The average Bonchev–Trinajstić information content (AvgIpc) is 2.37. The first-order valence-corrected chi connectivity index (χ1v) is 6.60. The topological polar surface area (TPSA) is 69.6 Å². The fourth-order valence-electron chi connectivity index (χ4n) is 2.20. The number of piperidine rings is 1. The smallest absolute Gasteiger partial charge is 0.391 e. The Balaban J connectivity index is 2.48. The van der Waals surface area contributed by atoms with Crippen LogP contribution in [0.1, 0.15) is 32.6 Å². The van der Waals surface area contributed by atoms with Crippen molar-refractivity contribution in [1.82, 2.24) is 10.2 Å². The number of urea groups is 1. The van der Waals surface area contributed by atoms with Gasteiger partial charge in [-0.1, -0.05) is 13.3 Å². The number of alkyl halides is 3. The summed E-state index contributed by atoms with van der Waals surface area (Å²) < 4.78 is 37.5. The van der Waals surface area contributed by atoms with Gasteiger partial charge in [0.05, 0.1) is 5.92 Å². The van der Waals surface area contributed by atoms with Gasteiger partial charge < -0.3 is 15.3 Å². The van der Waals surface area contributed by atoms with Gasteiger partial charge in [-0.2, -0.15) is 13.2 Å². The molecule has 1 heterocycles. The van der Waals surface area contributed by atoms with Crippen LogP contribution in [0.5, 0.6) is 0 Å². The minimum Gasteiger partial charge on any atom is -0.480 e. The molecule has 1 rings (SSSR count). The van der Waals surface area contributed by atoms with Gasteiger partial charge >= 0.3 is 18.2 Å². The van der Waals surface area contributed by atoms with Gasteiger partial charge in [0.2, 0.25) is 0 Å². The first-order chi connectivity index (χ1) is 9.25. The van der Waals surface area contributed by atoms with Gasteiger partial charge in [-0.15, -0.1) is 0 Å². The second-order valence-electron chi connectivity index (χ2n) is 4.93. The Morgan fingerprint density at radius 1 is 1.35 bits per heavy atom. The van der Waals surface area contributed by atoms with Gasteiger partial charge in [0, 0.05) is 13.1 Å². The molecule has 1 unspecified atom stereocenters. The van der Waals surface area contributed by atoms with Crippen molar-refractivity contribution in [3.05, 3.63) is 0 Å². The zero-order valence-corrected chi connectivity index (χ0v) is 11.2. The van der Waals surface area contributed by atoms with Crippen molar-refractivity contribution in [2.45, 2.75) is 44.8 Å². The molecule has 0 spiro atoms. The van der Waals surface area contributed by atoms with Crippen LogP contribution >= 0.6 is 0 Å². The second-order valence-corrected chi connectivity index (χ2v) is 4.93. The number of rotatable bonds is 4. The van der Waals surface area contributed by atoms with Gasteiger partial charge in [0.1, 0.15) is 6.04 Å². The summed E-state index contributed by atoms with van der Waals surface area (Å²) in [4.78, 5) is 24.0. The lowest BCUT2D eigenvalue weighted by atomic mass is 9.96. The largest absolute Gasteiger partial charge is 0.480 e. The van der Waals surface area contributed by atoms with E-state index in [1.54, 1.807) is 6.92 Å². The van der Waals surface area contributed by atoms with Gasteiger partial charge in [-0.25, -0.2) is 9.59 Å². The first kappa shape index (κ1) is 16.6. The van der Waals surface area contributed by atoms with E-state index in [0.717, 1.165) is 0 Å². The van der Waals surface area contributed by atoms with Gasteiger partial charge in [-0.05, 0) is 19.3 Å². The molecule has 0 saturated carbocycles. The van der Waals surface area contributed by atoms with Gasteiger partial charge in [0.25, 0.3) is 0 Å². The Hall–Kier alpha value is -1.47. The highest BCUT2D eigenvalue weighted by atomic mass is 19.4. The maximum absolute atomic E-state index is 12.5. The summed E-state index contributed by atoms with van der Waals surface area (Å²) in [6.07, 6.45) is -3.62. The fourth-order valence-corrected chi connectivity index (χ4v) is 2.20. The molecule has 0 aliphatic carbocycles. The Kier molecular flexibility index (Phi) is 5.64. The number of amides is 2. The Morgan fingerprint density at radius 3 is 2.30 bits per heavy atom. The van der Waals surface area contributed by atoms with Crippen LogP contribution in [-0.2, 0) is 4.79 Å². The van der Waals surface area contributed by atoms with Crippen LogP contribution in [-0.4, -0.2) is 47.3 Å². The zero-order chi connectivity index (χ0) is 15.3. The molecule has 0 radical (unpaired) electrons. The third-order valence-electron chi connectivity index (χ3n) is 3.42. The summed E-state index contributed by atoms with van der Waals surface area (Å²) in [5.74, 6) is -2.51. The minimum atomic E-state index is -4.23. The number of hydrogen-bond acceptors (Lipinski definition) is 2. The molecule has 0 aromatic rings. The highest BCUT2D eigenvalue weighted by Gasteiger charge is 2.41. The summed E-state index contributed by atoms with van der Waals surface area (Å²) in [5, 5.41) is 11.3. The molecule has 0 aromatic carbocycles. The third-order valence-corrected chi connectivity index (χ3v) is 3.42. The molecule has 0 aromatic heterocycles. The molecule has 1 aliphatic rings. The van der Waals surface area contributed by atoms with Crippen LogP contribution in [0.4, 0.5) is 18.0 Å². The number of nitrogens with one attached hydrogen (secondary N) is 1. The van der Waals surface area contributed by atoms with Crippen LogP contribution in [0.25, 0.3) is 0 Å². The standard InChI is InChI=1S/C12H19F3N2O3/c1-2-3-9(10(18)19)16-11(20)17-6-4-8(5-7-17)12(13,14)15/h8-9H,2-7H2,1H3,(H,16,20)(H,18,19). The monoisotopic (exact) mass is 296 g/mol. The minimum absolute atomic E-state index is 0.00548. The molecule has 1 fully saturated rings. The van der Waals surface area contributed by atoms with Crippen molar-refractivity contribution < 1.29 is 27.9 Å². The van der Waals surface area contributed by atoms with Crippen LogP contribution in [0, 0.1) is 5.92 Å². The molecule has 0 bridgehead atoms. The van der Waals surface area contributed by atoms with E-state index < -0.39 is 30.1 Å². The van der Waals surface area contributed by atoms with Crippen LogP contribution < -0.4 is 5.32 Å². The number of carbonyl (C=O) groups excluding carboxylic acids is 1. The van der Waals surface area contributed by atoms with E-state index in [-0.39, 0.29) is 25.9 Å². The normalized spacial score (nSPS) is 18.7. The summed E-state index contributed by atoms with van der Waals surface area (Å²) >= 11 is 0. The van der Waals surface area contributed by atoms with E-state index in [1.807, 2.05) is 0 Å². The fraction of sp³-hybridized carbons (Fsp3) is 0.833. The molecule has 1 atom stereocenters. The predicted octanol–water partition coefficient (Wildman–Crippen LogP) is 2.22. The number of likely N-dealkylation sites (tertiary alicyclic amines) is 1. The molecule has 5 nitrogen and oxygen atoms in total. The van der Waals surface area contributed by atoms with Gasteiger partial charge in [-0.3, -0.25) is 0 Å². The van der Waals surface area contributed by atoms with Crippen LogP contribution in [0.3, 0.4) is 0 Å². The average molecular weight is 296 g/mol. The van der Waals surface area contributed by atoms with Crippen molar-refractivity contribution in [3.8, 4) is 0 Å². The SMILES string of the molecule is CCCC(NC(=O)N1CCC(C(F)(F)F)CC1)C(=O)O. The zero-order valence-electron chi connectivity index (χ0n) is 11.2. The molecule has 2 amide bonds. The molecule has 2 N–H and O–H groups in total. The molecule has 1 saturated heterocycles. The van der Waals surface area contributed by atoms with E-state index in [2.05, 4.69) is 5.32 Å². The molecule has 20 heavy (non-hydrogen) atoms. The Labute approximate surface area is 115 Å². The molecule has 116 valence electrons. The number of aliphatic carboxylic acids is 1. The van der Waals surface area contributed by atoms with Crippen LogP contribution in [0.15, 0.2) is 0 Å². The van der Waals surface area contributed by atoms with E-state index in [0.29, 0.717) is 12.8 Å². The van der Waals surface area contributed by atoms with E-state index >= 15 is 0 Å². The number of carbonyl (C=O) groups is 2. The second kappa shape index (κ2) is 6.81. The number of carboxylic acids is 1.